The smallest absolute Gasteiger partial charge is 0.231 e. The van der Waals surface area contributed by atoms with Crippen LogP contribution in [0.1, 0.15) is 50.4 Å². The van der Waals surface area contributed by atoms with E-state index in [-0.39, 0.29) is 30.2 Å². The van der Waals surface area contributed by atoms with Crippen molar-refractivity contribution in [2.75, 3.05) is 6.79 Å². The van der Waals surface area contributed by atoms with Gasteiger partial charge in [0.15, 0.2) is 11.5 Å². The molecule has 150 valence electrons. The molecule has 29 heavy (non-hydrogen) atoms. The van der Waals surface area contributed by atoms with E-state index in [0.29, 0.717) is 22.4 Å². The second-order valence-electron chi connectivity index (χ2n) is 9.18. The first kappa shape index (κ1) is 18.2. The fourth-order valence-corrected chi connectivity index (χ4v) is 4.14. The molecule has 0 bridgehead atoms. The molecule has 1 N–H and O–H groups in total. The number of nitrogens with one attached hydrogen (secondary N) is 1. The van der Waals surface area contributed by atoms with Crippen molar-refractivity contribution in [1.82, 2.24) is 4.98 Å². The number of ether oxygens (including phenoxy) is 2. The fraction of sp³-hybridized carbons (Fsp3) is 0.375. The van der Waals surface area contributed by atoms with Gasteiger partial charge in [-0.25, -0.2) is 4.39 Å². The maximum atomic E-state index is 15.2. The molecule has 2 heterocycles. The number of Topliss-reactive ketones (excluding diaryl/α,β-unsaturated/α-hetero) is 1. The Hall–Kier alpha value is -2.82. The summed E-state index contributed by atoms with van der Waals surface area (Å²) in [6.45, 7) is 6.46. The first-order valence-corrected chi connectivity index (χ1v) is 10.0. The summed E-state index contributed by atoms with van der Waals surface area (Å²) in [5.74, 6) is 1.14. The van der Waals surface area contributed by atoms with Crippen LogP contribution >= 0.6 is 0 Å². The van der Waals surface area contributed by atoms with E-state index in [9.17, 15) is 4.79 Å². The summed E-state index contributed by atoms with van der Waals surface area (Å²) in [6.07, 6.45) is 1.66. The largest absolute Gasteiger partial charge is 0.454 e. The summed E-state index contributed by atoms with van der Waals surface area (Å²) >= 11 is 0. The van der Waals surface area contributed by atoms with Crippen molar-refractivity contribution in [3.63, 3.8) is 0 Å². The second-order valence-corrected chi connectivity index (χ2v) is 9.18. The van der Waals surface area contributed by atoms with Crippen LogP contribution in [0.5, 0.6) is 11.5 Å². The number of rotatable bonds is 4. The third-order valence-electron chi connectivity index (χ3n) is 6.19. The van der Waals surface area contributed by atoms with E-state index in [2.05, 4.69) is 25.8 Å². The molecular formula is C24H24FNO3. The molecule has 1 aromatic heterocycles. The number of hydrogen-bond acceptors (Lipinski definition) is 3. The van der Waals surface area contributed by atoms with Gasteiger partial charge in [0.2, 0.25) is 6.79 Å². The van der Waals surface area contributed by atoms with E-state index in [1.54, 1.807) is 6.07 Å². The third kappa shape index (κ3) is 2.91. The highest BCUT2D eigenvalue weighted by molar-refractivity contribution is 5.95. The number of benzene rings is 2. The van der Waals surface area contributed by atoms with E-state index in [1.807, 2.05) is 30.3 Å². The molecule has 1 aliphatic heterocycles. The molecule has 3 aromatic rings. The average Bonchev–Trinajstić information content (AvgIpc) is 3.14. The zero-order chi connectivity index (χ0) is 20.4. The topological polar surface area (TPSA) is 51.3 Å². The van der Waals surface area contributed by atoms with Crippen LogP contribution in [0.2, 0.25) is 0 Å². The van der Waals surface area contributed by atoms with Gasteiger partial charge in [0, 0.05) is 28.4 Å². The Balaban J connectivity index is 1.45. The minimum atomic E-state index is -0.531. The van der Waals surface area contributed by atoms with Crippen LogP contribution in [-0.4, -0.2) is 17.6 Å². The molecule has 0 radical (unpaired) electrons. The lowest BCUT2D eigenvalue weighted by Crippen LogP contribution is -2.23. The highest BCUT2D eigenvalue weighted by Gasteiger charge is 2.51. The molecule has 5 heteroatoms. The van der Waals surface area contributed by atoms with Gasteiger partial charge in [-0.1, -0.05) is 32.9 Å². The van der Waals surface area contributed by atoms with Crippen molar-refractivity contribution in [1.29, 1.82) is 0 Å². The Morgan fingerprint density at radius 1 is 1.10 bits per heavy atom. The normalized spacial score (nSPS) is 17.0. The van der Waals surface area contributed by atoms with Crippen LogP contribution in [0, 0.1) is 5.82 Å². The minimum Gasteiger partial charge on any atom is -0.454 e. The Labute approximate surface area is 169 Å². The average molecular weight is 393 g/mol. The predicted octanol–water partition coefficient (Wildman–Crippen LogP) is 5.18. The van der Waals surface area contributed by atoms with Crippen molar-refractivity contribution >= 4 is 16.7 Å². The third-order valence-corrected chi connectivity index (χ3v) is 6.19. The van der Waals surface area contributed by atoms with Crippen LogP contribution in [0.3, 0.4) is 0 Å². The van der Waals surface area contributed by atoms with Crippen LogP contribution in [0.15, 0.2) is 36.4 Å². The molecule has 5 rings (SSSR count). The van der Waals surface area contributed by atoms with E-state index in [0.717, 1.165) is 29.6 Å². The summed E-state index contributed by atoms with van der Waals surface area (Å²) in [5.41, 5.74) is 2.50. The summed E-state index contributed by atoms with van der Waals surface area (Å²) < 4.78 is 26.0. The van der Waals surface area contributed by atoms with Gasteiger partial charge in [0.05, 0.1) is 5.41 Å². The van der Waals surface area contributed by atoms with Crippen molar-refractivity contribution in [2.45, 2.75) is 50.9 Å². The van der Waals surface area contributed by atoms with Crippen molar-refractivity contribution in [2.24, 2.45) is 0 Å². The van der Waals surface area contributed by atoms with Crippen molar-refractivity contribution in [3.8, 4) is 11.5 Å². The zero-order valence-electron chi connectivity index (χ0n) is 16.9. The van der Waals surface area contributed by atoms with Gasteiger partial charge < -0.3 is 14.5 Å². The summed E-state index contributed by atoms with van der Waals surface area (Å²) in [4.78, 5) is 16.5. The number of carbonyl (C=O) groups is 1. The number of aromatic nitrogens is 1. The van der Waals surface area contributed by atoms with Gasteiger partial charge in [-0.05, 0) is 48.2 Å². The number of fused-ring (bicyclic) bond motifs is 2. The SMILES string of the molecule is CC(C)(C)c1cc2c(F)c(CC(=O)C3(c4ccc5c(c4)OCO5)CC3)ccc2[nH]1. The minimum absolute atomic E-state index is 0.0567. The maximum absolute atomic E-state index is 15.2. The molecule has 1 fully saturated rings. The van der Waals surface area contributed by atoms with Gasteiger partial charge >= 0.3 is 0 Å². The molecule has 0 spiro atoms. The van der Waals surface area contributed by atoms with Crippen LogP contribution in [0.25, 0.3) is 10.9 Å². The number of hydrogen-bond donors (Lipinski definition) is 1. The first-order chi connectivity index (χ1) is 13.8. The molecule has 0 saturated heterocycles. The molecule has 0 unspecified atom stereocenters. The summed E-state index contributed by atoms with van der Waals surface area (Å²) in [5, 5.41) is 0.549. The van der Waals surface area contributed by atoms with E-state index in [4.69, 9.17) is 9.47 Å². The van der Waals surface area contributed by atoms with E-state index in [1.165, 1.54) is 0 Å². The van der Waals surface area contributed by atoms with Crippen molar-refractivity contribution in [3.05, 3.63) is 59.0 Å². The summed E-state index contributed by atoms with van der Waals surface area (Å²) in [7, 11) is 0. The highest BCUT2D eigenvalue weighted by Crippen LogP contribution is 2.51. The van der Waals surface area contributed by atoms with Gasteiger partial charge in [0.1, 0.15) is 11.6 Å². The summed E-state index contributed by atoms with van der Waals surface area (Å²) in [6, 6.07) is 11.1. The lowest BCUT2D eigenvalue weighted by molar-refractivity contribution is -0.120. The molecule has 2 aromatic carbocycles. The van der Waals surface area contributed by atoms with Gasteiger partial charge in [-0.2, -0.15) is 0 Å². The van der Waals surface area contributed by atoms with Gasteiger partial charge in [0.25, 0.3) is 0 Å². The Bertz CT molecular complexity index is 1130. The number of H-pyrrole nitrogens is 1. The molecule has 0 atom stereocenters. The standard InChI is InChI=1S/C24H24FNO3/c1-23(2,3)20-12-16-17(26-20)6-4-14(22(16)25)10-21(27)24(8-9-24)15-5-7-18-19(11-15)29-13-28-18/h4-7,11-12,26H,8-10,13H2,1-3H3. The van der Waals surface area contributed by atoms with Crippen molar-refractivity contribution < 1.29 is 18.7 Å². The Morgan fingerprint density at radius 3 is 2.59 bits per heavy atom. The lowest BCUT2D eigenvalue weighted by atomic mass is 9.87. The Morgan fingerprint density at radius 2 is 1.86 bits per heavy atom. The van der Waals surface area contributed by atoms with Gasteiger partial charge in [-0.3, -0.25) is 4.79 Å². The highest BCUT2D eigenvalue weighted by atomic mass is 19.1. The number of aromatic amines is 1. The lowest BCUT2D eigenvalue weighted by Gasteiger charge is -2.15. The molecule has 2 aliphatic rings. The first-order valence-electron chi connectivity index (χ1n) is 10.0. The van der Waals surface area contributed by atoms with Gasteiger partial charge in [-0.15, -0.1) is 0 Å². The fourth-order valence-electron chi connectivity index (χ4n) is 4.14. The van der Waals surface area contributed by atoms with E-state index >= 15 is 4.39 Å². The number of ketones is 1. The van der Waals surface area contributed by atoms with Crippen LogP contribution < -0.4 is 9.47 Å². The van der Waals surface area contributed by atoms with E-state index < -0.39 is 5.41 Å². The molecule has 0 amide bonds. The van der Waals surface area contributed by atoms with Crippen LogP contribution in [0.4, 0.5) is 4.39 Å². The Kier molecular flexibility index (Phi) is 3.83. The van der Waals surface area contributed by atoms with Crippen LogP contribution in [-0.2, 0) is 22.0 Å². The predicted molar refractivity (Wildman–Crippen MR) is 109 cm³/mol. The molecular weight excluding hydrogens is 369 g/mol. The monoisotopic (exact) mass is 393 g/mol. The quantitative estimate of drug-likeness (QED) is 0.665. The molecule has 1 aliphatic carbocycles. The zero-order valence-corrected chi connectivity index (χ0v) is 16.9. The maximum Gasteiger partial charge on any atom is 0.231 e. The molecule has 4 nitrogen and oxygen atoms in total. The molecule has 1 saturated carbocycles. The number of carbonyl (C=O) groups excluding carboxylic acids is 1. The second kappa shape index (κ2) is 6.09. The number of halogens is 1.